The SMILES string of the molecule is COc1ccc(OC)c(NC(=O)C2CC(CC(C)C)NC23C(=O)Nc2c(Cl)cc(C)cc23)c1. The summed E-state index contributed by atoms with van der Waals surface area (Å²) >= 11 is 6.48. The Morgan fingerprint density at radius 3 is 2.67 bits per heavy atom. The highest BCUT2D eigenvalue weighted by Gasteiger charge is 2.60. The van der Waals surface area contributed by atoms with Crippen LogP contribution in [-0.2, 0) is 15.1 Å². The van der Waals surface area contributed by atoms with E-state index in [0.717, 1.165) is 17.5 Å². The molecule has 4 rings (SSSR count). The number of amides is 2. The van der Waals surface area contributed by atoms with E-state index in [-0.39, 0.29) is 17.9 Å². The van der Waals surface area contributed by atoms with Crippen LogP contribution in [0, 0.1) is 18.8 Å². The average molecular weight is 472 g/mol. The molecule has 2 amide bonds. The highest BCUT2D eigenvalue weighted by Crippen LogP contribution is 2.50. The molecule has 33 heavy (non-hydrogen) atoms. The lowest BCUT2D eigenvalue weighted by molar-refractivity contribution is -0.130. The van der Waals surface area contributed by atoms with E-state index in [0.29, 0.717) is 40.2 Å². The number of halogens is 1. The number of methoxy groups -OCH3 is 2. The lowest BCUT2D eigenvalue weighted by Gasteiger charge is -2.30. The van der Waals surface area contributed by atoms with Crippen LogP contribution in [0.4, 0.5) is 11.4 Å². The number of carbonyl (C=O) groups is 2. The van der Waals surface area contributed by atoms with Crippen LogP contribution in [0.2, 0.25) is 5.02 Å². The van der Waals surface area contributed by atoms with E-state index < -0.39 is 11.5 Å². The van der Waals surface area contributed by atoms with E-state index in [1.807, 2.05) is 19.1 Å². The molecule has 2 heterocycles. The average Bonchev–Trinajstić information content (AvgIpc) is 3.27. The zero-order chi connectivity index (χ0) is 23.9. The minimum atomic E-state index is -1.19. The van der Waals surface area contributed by atoms with Gasteiger partial charge in [0.1, 0.15) is 17.0 Å². The van der Waals surface area contributed by atoms with Gasteiger partial charge >= 0.3 is 0 Å². The number of rotatable bonds is 6. The molecule has 7 nitrogen and oxygen atoms in total. The Hall–Kier alpha value is -2.77. The van der Waals surface area contributed by atoms with E-state index in [1.165, 1.54) is 0 Å². The van der Waals surface area contributed by atoms with Gasteiger partial charge in [-0.15, -0.1) is 0 Å². The Bertz CT molecular complexity index is 1100. The second-order valence-corrected chi connectivity index (χ2v) is 9.65. The van der Waals surface area contributed by atoms with Gasteiger partial charge in [0.25, 0.3) is 0 Å². The predicted octanol–water partition coefficient (Wildman–Crippen LogP) is 4.48. The molecule has 0 saturated carbocycles. The van der Waals surface area contributed by atoms with Crippen molar-refractivity contribution >= 4 is 34.8 Å². The first-order chi connectivity index (χ1) is 15.7. The Balaban J connectivity index is 1.77. The van der Waals surface area contributed by atoms with Gasteiger partial charge in [0.15, 0.2) is 0 Å². The van der Waals surface area contributed by atoms with Gasteiger partial charge in [0.05, 0.1) is 36.5 Å². The van der Waals surface area contributed by atoms with Crippen LogP contribution in [0.15, 0.2) is 30.3 Å². The smallest absolute Gasteiger partial charge is 0.250 e. The van der Waals surface area contributed by atoms with E-state index in [9.17, 15) is 9.59 Å². The van der Waals surface area contributed by atoms with Crippen LogP contribution in [0.1, 0.15) is 37.8 Å². The third-order valence-electron chi connectivity index (χ3n) is 6.47. The summed E-state index contributed by atoms with van der Waals surface area (Å²) in [4.78, 5) is 27.2. The second kappa shape index (κ2) is 8.88. The first-order valence-electron chi connectivity index (χ1n) is 11.1. The third kappa shape index (κ3) is 4.04. The number of anilines is 2. The van der Waals surface area contributed by atoms with Crippen molar-refractivity contribution in [3.8, 4) is 11.5 Å². The van der Waals surface area contributed by atoms with Crippen molar-refractivity contribution in [1.29, 1.82) is 0 Å². The van der Waals surface area contributed by atoms with E-state index in [1.54, 1.807) is 32.4 Å². The Kier molecular flexibility index (Phi) is 6.29. The van der Waals surface area contributed by atoms with Crippen LogP contribution >= 0.6 is 11.6 Å². The van der Waals surface area contributed by atoms with E-state index >= 15 is 0 Å². The molecule has 0 aromatic heterocycles. The van der Waals surface area contributed by atoms with E-state index in [2.05, 4.69) is 29.8 Å². The molecule has 0 radical (unpaired) electrons. The number of hydrogen-bond acceptors (Lipinski definition) is 5. The molecule has 1 spiro atoms. The third-order valence-corrected chi connectivity index (χ3v) is 6.77. The maximum absolute atomic E-state index is 13.7. The summed E-state index contributed by atoms with van der Waals surface area (Å²) < 4.78 is 10.7. The Morgan fingerprint density at radius 1 is 1.24 bits per heavy atom. The lowest BCUT2D eigenvalue weighted by atomic mass is 9.79. The van der Waals surface area contributed by atoms with Crippen molar-refractivity contribution in [2.24, 2.45) is 11.8 Å². The fourth-order valence-corrected chi connectivity index (χ4v) is 5.43. The zero-order valence-electron chi connectivity index (χ0n) is 19.5. The summed E-state index contributed by atoms with van der Waals surface area (Å²) in [7, 11) is 3.10. The van der Waals surface area contributed by atoms with Crippen LogP contribution in [-0.4, -0.2) is 32.1 Å². The quantitative estimate of drug-likeness (QED) is 0.578. The van der Waals surface area contributed by atoms with Gasteiger partial charge in [-0.3, -0.25) is 14.9 Å². The zero-order valence-corrected chi connectivity index (χ0v) is 20.3. The monoisotopic (exact) mass is 471 g/mol. The standard InChI is InChI=1S/C25H30ClN3O4/c1-13(2)8-15-11-18(23(30)27-20-12-16(32-4)6-7-21(20)33-5)25(29-15)17-9-14(3)10-19(26)22(17)28-24(25)31/h6-7,9-10,12-13,15,18,29H,8,11H2,1-5H3,(H,27,30)(H,28,31). The highest BCUT2D eigenvalue weighted by atomic mass is 35.5. The predicted molar refractivity (Wildman–Crippen MR) is 129 cm³/mol. The molecular formula is C25H30ClN3O4. The van der Waals surface area contributed by atoms with Gasteiger partial charge < -0.3 is 20.1 Å². The van der Waals surface area contributed by atoms with E-state index in [4.69, 9.17) is 21.1 Å². The van der Waals surface area contributed by atoms with Crippen molar-refractivity contribution in [1.82, 2.24) is 5.32 Å². The molecule has 3 atom stereocenters. The van der Waals surface area contributed by atoms with Gasteiger partial charge in [-0.1, -0.05) is 31.5 Å². The van der Waals surface area contributed by atoms with Gasteiger partial charge in [-0.25, -0.2) is 0 Å². The normalized spacial score (nSPS) is 23.5. The first kappa shape index (κ1) is 23.4. The molecule has 0 bridgehead atoms. The van der Waals surface area contributed by atoms with Crippen molar-refractivity contribution in [3.63, 3.8) is 0 Å². The molecule has 2 aromatic rings. The molecule has 1 saturated heterocycles. The van der Waals surface area contributed by atoms with Gasteiger partial charge in [-0.05, 0) is 49.4 Å². The molecule has 8 heteroatoms. The van der Waals surface area contributed by atoms with Crippen molar-refractivity contribution in [2.75, 3.05) is 24.9 Å². The molecule has 3 unspecified atom stereocenters. The molecular weight excluding hydrogens is 442 g/mol. The van der Waals surface area contributed by atoms with Gasteiger partial charge in [-0.2, -0.15) is 0 Å². The largest absolute Gasteiger partial charge is 0.497 e. The Labute approximate surface area is 199 Å². The highest BCUT2D eigenvalue weighted by molar-refractivity contribution is 6.35. The topological polar surface area (TPSA) is 88.7 Å². The van der Waals surface area contributed by atoms with Crippen LogP contribution in [0.25, 0.3) is 0 Å². The number of nitrogens with one attached hydrogen (secondary N) is 3. The summed E-state index contributed by atoms with van der Waals surface area (Å²) in [5.41, 5.74) is 1.52. The number of aryl methyl sites for hydroxylation is 1. The number of ether oxygens (including phenoxy) is 2. The number of hydrogen-bond donors (Lipinski definition) is 3. The number of benzene rings is 2. The number of fused-ring (bicyclic) bond motifs is 2. The van der Waals surface area contributed by atoms with Crippen molar-refractivity contribution in [2.45, 2.75) is 45.2 Å². The summed E-state index contributed by atoms with van der Waals surface area (Å²) in [6, 6.07) is 8.97. The lowest BCUT2D eigenvalue weighted by Crippen LogP contribution is -2.52. The molecule has 0 aliphatic carbocycles. The maximum atomic E-state index is 13.7. The molecule has 2 aromatic carbocycles. The van der Waals surface area contributed by atoms with Crippen LogP contribution in [0.5, 0.6) is 11.5 Å². The molecule has 2 aliphatic rings. The molecule has 2 aliphatic heterocycles. The van der Waals surface area contributed by atoms with Crippen molar-refractivity contribution < 1.29 is 19.1 Å². The van der Waals surface area contributed by atoms with Crippen molar-refractivity contribution in [3.05, 3.63) is 46.5 Å². The molecule has 3 N–H and O–H groups in total. The first-order valence-corrected chi connectivity index (χ1v) is 11.5. The minimum Gasteiger partial charge on any atom is -0.497 e. The molecule has 1 fully saturated rings. The fraction of sp³-hybridized carbons (Fsp3) is 0.440. The maximum Gasteiger partial charge on any atom is 0.250 e. The Morgan fingerprint density at radius 2 is 2.00 bits per heavy atom. The molecule has 176 valence electrons. The number of carbonyl (C=O) groups excluding carboxylic acids is 2. The summed E-state index contributed by atoms with van der Waals surface area (Å²) in [6.45, 7) is 6.19. The van der Waals surface area contributed by atoms with Crippen LogP contribution < -0.4 is 25.4 Å². The van der Waals surface area contributed by atoms with Gasteiger partial charge in [0.2, 0.25) is 11.8 Å². The summed E-state index contributed by atoms with van der Waals surface area (Å²) in [5, 5.41) is 9.93. The fourth-order valence-electron chi connectivity index (χ4n) is 5.11. The summed E-state index contributed by atoms with van der Waals surface area (Å²) in [5.74, 6) is 0.351. The summed E-state index contributed by atoms with van der Waals surface area (Å²) in [6.07, 6.45) is 1.37. The minimum absolute atomic E-state index is 0.00365. The second-order valence-electron chi connectivity index (χ2n) is 9.25. The van der Waals surface area contributed by atoms with Gasteiger partial charge in [0, 0.05) is 17.7 Å². The van der Waals surface area contributed by atoms with Crippen LogP contribution in [0.3, 0.4) is 0 Å².